The van der Waals surface area contributed by atoms with E-state index < -0.39 is 6.09 Å². The summed E-state index contributed by atoms with van der Waals surface area (Å²) in [5.74, 6) is 0. The molecule has 1 heterocycles. The monoisotopic (exact) mass is 153 g/mol. The molecule has 0 aromatic heterocycles. The largest absolute Gasteiger partial charge is 0.465 e. The van der Waals surface area contributed by atoms with Crippen LogP contribution in [0, 0.1) is 5.41 Å². The van der Waals surface area contributed by atoms with Crippen molar-refractivity contribution in [2.45, 2.75) is 19.3 Å². The van der Waals surface area contributed by atoms with Crippen molar-refractivity contribution in [3.05, 3.63) is 12.3 Å². The van der Waals surface area contributed by atoms with Crippen LogP contribution >= 0.6 is 0 Å². The van der Waals surface area contributed by atoms with Gasteiger partial charge in [-0.05, 0) is 24.7 Å². The van der Waals surface area contributed by atoms with Crippen LogP contribution in [0.4, 0.5) is 4.79 Å². The summed E-state index contributed by atoms with van der Waals surface area (Å²) in [6, 6.07) is 0. The molecule has 3 heteroatoms. The number of hydrogen-bond donors (Lipinski definition) is 1. The molecular formula is C8H11NO2. The van der Waals surface area contributed by atoms with E-state index in [-0.39, 0.29) is 0 Å². The predicted octanol–water partition coefficient (Wildman–Crippen LogP) is 1.66. The van der Waals surface area contributed by atoms with Gasteiger partial charge in [-0.3, -0.25) is 4.90 Å². The van der Waals surface area contributed by atoms with E-state index >= 15 is 0 Å². The minimum absolute atomic E-state index is 0.409. The first-order chi connectivity index (χ1) is 5.22. The molecule has 1 saturated carbocycles. The summed E-state index contributed by atoms with van der Waals surface area (Å²) in [6.07, 6.45) is 6.42. The first kappa shape index (κ1) is 6.70. The summed E-state index contributed by atoms with van der Waals surface area (Å²) >= 11 is 0. The topological polar surface area (TPSA) is 40.5 Å². The van der Waals surface area contributed by atoms with E-state index in [1.165, 1.54) is 17.7 Å². The summed E-state index contributed by atoms with van der Waals surface area (Å²) in [7, 11) is 0. The van der Waals surface area contributed by atoms with Crippen LogP contribution in [0.1, 0.15) is 19.3 Å². The Balaban J connectivity index is 2.05. The van der Waals surface area contributed by atoms with E-state index in [0.717, 1.165) is 6.42 Å². The summed E-state index contributed by atoms with van der Waals surface area (Å²) in [5.41, 5.74) is 0.409. The van der Waals surface area contributed by atoms with Crippen LogP contribution in [0.15, 0.2) is 12.3 Å². The van der Waals surface area contributed by atoms with E-state index in [9.17, 15) is 4.79 Å². The maximum atomic E-state index is 10.5. The summed E-state index contributed by atoms with van der Waals surface area (Å²) < 4.78 is 0. The molecule has 0 atom stereocenters. The number of nitrogens with zero attached hydrogens (tertiary/aromatic N) is 1. The molecule has 0 unspecified atom stereocenters. The SMILES string of the molecule is O=C(O)N1C=CC2(CC1)CC2. The van der Waals surface area contributed by atoms with E-state index in [1.807, 2.05) is 6.08 Å². The Kier molecular flexibility index (Phi) is 1.22. The smallest absolute Gasteiger partial charge is 0.411 e. The second-order valence-corrected chi connectivity index (χ2v) is 3.40. The summed E-state index contributed by atoms with van der Waals surface area (Å²) in [5, 5.41) is 8.60. The maximum Gasteiger partial charge on any atom is 0.411 e. The molecule has 0 bridgehead atoms. The van der Waals surface area contributed by atoms with Gasteiger partial charge in [-0.25, -0.2) is 4.79 Å². The summed E-state index contributed by atoms with van der Waals surface area (Å²) in [6.45, 7) is 0.672. The second-order valence-electron chi connectivity index (χ2n) is 3.40. The van der Waals surface area contributed by atoms with Crippen molar-refractivity contribution < 1.29 is 9.90 Å². The Bertz CT molecular complexity index is 218. The van der Waals surface area contributed by atoms with Gasteiger partial charge in [0.1, 0.15) is 0 Å². The van der Waals surface area contributed by atoms with E-state index in [0.29, 0.717) is 12.0 Å². The van der Waals surface area contributed by atoms with Crippen molar-refractivity contribution in [1.82, 2.24) is 4.90 Å². The fourth-order valence-electron chi connectivity index (χ4n) is 1.49. The van der Waals surface area contributed by atoms with Gasteiger partial charge in [0, 0.05) is 12.7 Å². The van der Waals surface area contributed by atoms with Gasteiger partial charge in [0.2, 0.25) is 0 Å². The fourth-order valence-corrected chi connectivity index (χ4v) is 1.49. The first-order valence-electron chi connectivity index (χ1n) is 3.91. The first-order valence-corrected chi connectivity index (χ1v) is 3.91. The highest BCUT2D eigenvalue weighted by atomic mass is 16.4. The van der Waals surface area contributed by atoms with Crippen LogP contribution in [-0.2, 0) is 0 Å². The Hall–Kier alpha value is -0.990. The quantitative estimate of drug-likeness (QED) is 0.575. The fraction of sp³-hybridized carbons (Fsp3) is 0.625. The highest BCUT2D eigenvalue weighted by molar-refractivity contribution is 5.66. The van der Waals surface area contributed by atoms with E-state index in [2.05, 4.69) is 0 Å². The number of carboxylic acid groups (broad SMARTS) is 1. The standard InChI is InChI=1S/C8H11NO2/c10-7(11)9-5-3-8(1-2-8)4-6-9/h3,5H,1-2,4,6H2,(H,10,11). The molecule has 1 aliphatic heterocycles. The van der Waals surface area contributed by atoms with Crippen LogP contribution in [0.25, 0.3) is 0 Å². The normalized spacial score (nSPS) is 25.6. The molecule has 0 saturated heterocycles. The van der Waals surface area contributed by atoms with Gasteiger partial charge in [-0.15, -0.1) is 0 Å². The van der Waals surface area contributed by atoms with Gasteiger partial charge < -0.3 is 5.11 Å². The minimum atomic E-state index is -0.836. The zero-order valence-corrected chi connectivity index (χ0v) is 6.29. The van der Waals surface area contributed by atoms with Gasteiger partial charge in [0.25, 0.3) is 0 Å². The molecule has 1 fully saturated rings. The van der Waals surface area contributed by atoms with Gasteiger partial charge >= 0.3 is 6.09 Å². The molecule has 0 aromatic rings. The van der Waals surface area contributed by atoms with Crippen LogP contribution < -0.4 is 0 Å². The molecule has 2 rings (SSSR count). The van der Waals surface area contributed by atoms with Crippen LogP contribution in [0.5, 0.6) is 0 Å². The van der Waals surface area contributed by atoms with Crippen molar-refractivity contribution in [2.24, 2.45) is 5.41 Å². The lowest BCUT2D eigenvalue weighted by Gasteiger charge is -2.23. The van der Waals surface area contributed by atoms with Crippen LogP contribution in [0.2, 0.25) is 0 Å². The Labute approximate surface area is 65.3 Å². The van der Waals surface area contributed by atoms with E-state index in [1.54, 1.807) is 6.20 Å². The third kappa shape index (κ3) is 1.11. The molecule has 11 heavy (non-hydrogen) atoms. The molecule has 60 valence electrons. The van der Waals surface area contributed by atoms with E-state index in [4.69, 9.17) is 5.11 Å². The third-order valence-electron chi connectivity index (χ3n) is 2.60. The molecule has 1 aliphatic carbocycles. The zero-order chi connectivity index (χ0) is 7.90. The number of rotatable bonds is 0. The molecule has 2 aliphatic rings. The number of allylic oxidation sites excluding steroid dienone is 1. The van der Waals surface area contributed by atoms with Crippen LogP contribution in [-0.4, -0.2) is 22.6 Å². The van der Waals surface area contributed by atoms with Gasteiger partial charge in [0.15, 0.2) is 0 Å². The highest BCUT2D eigenvalue weighted by Crippen LogP contribution is 2.51. The summed E-state index contributed by atoms with van der Waals surface area (Å²) in [4.78, 5) is 11.8. The van der Waals surface area contributed by atoms with Crippen molar-refractivity contribution in [1.29, 1.82) is 0 Å². The molecule has 0 aromatic carbocycles. The molecule has 1 N–H and O–H groups in total. The number of carbonyl (C=O) groups is 1. The molecule has 1 spiro atoms. The number of amides is 1. The lowest BCUT2D eigenvalue weighted by molar-refractivity contribution is 0.157. The van der Waals surface area contributed by atoms with Gasteiger partial charge in [-0.1, -0.05) is 6.08 Å². The maximum absolute atomic E-state index is 10.5. The van der Waals surface area contributed by atoms with Crippen molar-refractivity contribution in [3.8, 4) is 0 Å². The zero-order valence-electron chi connectivity index (χ0n) is 6.29. The lowest BCUT2D eigenvalue weighted by Crippen LogP contribution is -2.29. The van der Waals surface area contributed by atoms with Crippen LogP contribution in [0.3, 0.4) is 0 Å². The Morgan fingerprint density at radius 2 is 2.18 bits per heavy atom. The minimum Gasteiger partial charge on any atom is -0.465 e. The lowest BCUT2D eigenvalue weighted by atomic mass is 10.00. The van der Waals surface area contributed by atoms with Gasteiger partial charge in [0.05, 0.1) is 0 Å². The second kappa shape index (κ2) is 2.00. The van der Waals surface area contributed by atoms with Gasteiger partial charge in [-0.2, -0.15) is 0 Å². The number of hydrogen-bond acceptors (Lipinski definition) is 1. The Morgan fingerprint density at radius 3 is 2.55 bits per heavy atom. The molecular weight excluding hydrogens is 142 g/mol. The molecule has 1 amide bonds. The van der Waals surface area contributed by atoms with Crippen molar-refractivity contribution in [3.63, 3.8) is 0 Å². The van der Waals surface area contributed by atoms with Crippen molar-refractivity contribution in [2.75, 3.05) is 6.54 Å². The highest BCUT2D eigenvalue weighted by Gasteiger charge is 2.42. The predicted molar refractivity (Wildman–Crippen MR) is 40.2 cm³/mol. The Morgan fingerprint density at radius 1 is 1.45 bits per heavy atom. The molecule has 3 nitrogen and oxygen atoms in total. The average Bonchev–Trinajstić information content (AvgIpc) is 2.70. The van der Waals surface area contributed by atoms with Crippen molar-refractivity contribution >= 4 is 6.09 Å². The average molecular weight is 153 g/mol. The molecule has 0 radical (unpaired) electrons. The third-order valence-corrected chi connectivity index (χ3v) is 2.60.